The summed E-state index contributed by atoms with van der Waals surface area (Å²) in [6, 6.07) is 0. The standard InChI is InChI=1S/C77H132O6/c1-4-7-10-13-16-19-22-25-28-31-34-36-37-38-39-41-43-46-49-52-55-58-61-64-67-70-76(79)82-73-74(72-81-75(78)69-66-63-60-57-54-51-48-45-42-33-30-27-24-21-18-15-12-9-6-3)83-77(80)71-68-65-62-59-56-53-50-47-44-40-35-32-29-26-23-20-17-14-11-8-5-2/h8,11,17-18,20-22,25-27,29-31,34-35,40,42,45,74H,4-7,9-10,12-16,19,23-24,28,32-33,36-39,41,43-44,46-73H2,1-3H3/b11-8-,20-17-,21-18-,25-22-,29-26-,30-27-,34-31-,40-35-,45-42-. The van der Waals surface area contributed by atoms with Crippen LogP contribution in [0.25, 0.3) is 0 Å². The highest BCUT2D eigenvalue weighted by molar-refractivity contribution is 5.71. The zero-order valence-electron chi connectivity index (χ0n) is 54.7. The Morgan fingerprint density at radius 3 is 0.759 bits per heavy atom. The lowest BCUT2D eigenvalue weighted by molar-refractivity contribution is -0.167. The van der Waals surface area contributed by atoms with Gasteiger partial charge in [0.2, 0.25) is 0 Å². The monoisotopic (exact) mass is 1150 g/mol. The quantitative estimate of drug-likeness (QED) is 0.0261. The van der Waals surface area contributed by atoms with Crippen LogP contribution in [0.15, 0.2) is 109 Å². The Morgan fingerprint density at radius 1 is 0.253 bits per heavy atom. The van der Waals surface area contributed by atoms with Gasteiger partial charge < -0.3 is 14.2 Å². The van der Waals surface area contributed by atoms with Gasteiger partial charge >= 0.3 is 17.9 Å². The number of carbonyl (C=O) groups is 3. The van der Waals surface area contributed by atoms with E-state index in [1.165, 1.54) is 186 Å². The predicted octanol–water partition coefficient (Wildman–Crippen LogP) is 24.6. The molecule has 6 nitrogen and oxygen atoms in total. The van der Waals surface area contributed by atoms with Gasteiger partial charge in [0.1, 0.15) is 13.2 Å². The topological polar surface area (TPSA) is 78.9 Å². The molecule has 0 saturated heterocycles. The van der Waals surface area contributed by atoms with Crippen molar-refractivity contribution in [1.82, 2.24) is 0 Å². The highest BCUT2D eigenvalue weighted by Crippen LogP contribution is 2.17. The van der Waals surface area contributed by atoms with E-state index in [-0.39, 0.29) is 31.1 Å². The molecule has 0 amide bonds. The third kappa shape index (κ3) is 68.7. The fourth-order valence-corrected chi connectivity index (χ4v) is 9.94. The molecule has 0 N–H and O–H groups in total. The zero-order chi connectivity index (χ0) is 59.9. The number of unbranched alkanes of at least 4 members (excludes halogenated alkanes) is 35. The van der Waals surface area contributed by atoms with Gasteiger partial charge in [-0.05, 0) is 128 Å². The van der Waals surface area contributed by atoms with Crippen LogP contribution in [0, 0.1) is 0 Å². The van der Waals surface area contributed by atoms with E-state index in [1.54, 1.807) is 0 Å². The van der Waals surface area contributed by atoms with E-state index in [2.05, 4.69) is 130 Å². The molecule has 0 aromatic heterocycles. The molecule has 1 atom stereocenters. The summed E-state index contributed by atoms with van der Waals surface area (Å²) in [5.41, 5.74) is 0. The second-order valence-corrected chi connectivity index (χ2v) is 23.4. The summed E-state index contributed by atoms with van der Waals surface area (Å²) in [6.45, 7) is 6.51. The molecule has 0 spiro atoms. The van der Waals surface area contributed by atoms with Crippen molar-refractivity contribution in [3.05, 3.63) is 109 Å². The molecule has 83 heavy (non-hydrogen) atoms. The highest BCUT2D eigenvalue weighted by Gasteiger charge is 2.19. The van der Waals surface area contributed by atoms with Crippen molar-refractivity contribution in [3.63, 3.8) is 0 Å². The summed E-state index contributed by atoms with van der Waals surface area (Å²) >= 11 is 0. The molecule has 0 aliphatic rings. The van der Waals surface area contributed by atoms with Gasteiger partial charge in [-0.2, -0.15) is 0 Å². The lowest BCUT2D eigenvalue weighted by Crippen LogP contribution is -2.30. The van der Waals surface area contributed by atoms with Crippen molar-refractivity contribution in [2.75, 3.05) is 13.2 Å². The maximum atomic E-state index is 13.0. The summed E-state index contributed by atoms with van der Waals surface area (Å²) in [4.78, 5) is 38.5. The average Bonchev–Trinajstić information content (AvgIpc) is 3.50. The molecular formula is C77H132O6. The second-order valence-electron chi connectivity index (χ2n) is 23.4. The molecule has 0 aromatic rings. The Bertz CT molecular complexity index is 1660. The number of ether oxygens (including phenoxy) is 3. The summed E-state index contributed by atoms with van der Waals surface area (Å²) in [5.74, 6) is -0.894. The van der Waals surface area contributed by atoms with E-state index >= 15 is 0 Å². The van der Waals surface area contributed by atoms with Crippen LogP contribution in [-0.2, 0) is 28.6 Å². The number of hydrogen-bond acceptors (Lipinski definition) is 6. The average molecular weight is 1150 g/mol. The zero-order valence-corrected chi connectivity index (χ0v) is 54.7. The molecule has 0 aromatic carbocycles. The first-order valence-electron chi connectivity index (χ1n) is 35.4. The van der Waals surface area contributed by atoms with Crippen molar-refractivity contribution in [1.29, 1.82) is 0 Å². The Kier molecular flexibility index (Phi) is 67.2. The molecule has 0 aliphatic heterocycles. The van der Waals surface area contributed by atoms with Gasteiger partial charge in [-0.15, -0.1) is 0 Å². The summed E-state index contributed by atoms with van der Waals surface area (Å²) in [5, 5.41) is 0. The molecule has 0 saturated carbocycles. The van der Waals surface area contributed by atoms with Gasteiger partial charge in [0.15, 0.2) is 6.10 Å². The smallest absolute Gasteiger partial charge is 0.306 e. The number of esters is 3. The minimum atomic E-state index is -0.793. The van der Waals surface area contributed by atoms with Crippen LogP contribution in [0.4, 0.5) is 0 Å². The molecule has 1 unspecified atom stereocenters. The van der Waals surface area contributed by atoms with Gasteiger partial charge in [0, 0.05) is 19.3 Å². The molecule has 0 bridgehead atoms. The lowest BCUT2D eigenvalue weighted by atomic mass is 10.0. The van der Waals surface area contributed by atoms with Gasteiger partial charge in [-0.3, -0.25) is 14.4 Å². The Balaban J connectivity index is 4.39. The molecule has 6 heteroatoms. The van der Waals surface area contributed by atoms with E-state index in [0.29, 0.717) is 19.3 Å². The fraction of sp³-hybridized carbons (Fsp3) is 0.727. The maximum absolute atomic E-state index is 13.0. The van der Waals surface area contributed by atoms with Crippen LogP contribution in [-0.4, -0.2) is 37.2 Å². The van der Waals surface area contributed by atoms with Crippen molar-refractivity contribution >= 4 is 17.9 Å². The lowest BCUT2D eigenvalue weighted by Gasteiger charge is -2.18. The predicted molar refractivity (Wildman–Crippen MR) is 362 cm³/mol. The Labute approximate surface area is 514 Å². The van der Waals surface area contributed by atoms with Crippen LogP contribution in [0.2, 0.25) is 0 Å². The normalized spacial score (nSPS) is 12.8. The van der Waals surface area contributed by atoms with Gasteiger partial charge in [0.25, 0.3) is 0 Å². The fourth-order valence-electron chi connectivity index (χ4n) is 9.94. The summed E-state index contributed by atoms with van der Waals surface area (Å²) in [7, 11) is 0. The first-order chi connectivity index (χ1) is 41.0. The van der Waals surface area contributed by atoms with Crippen molar-refractivity contribution in [3.8, 4) is 0 Å². The van der Waals surface area contributed by atoms with Crippen LogP contribution < -0.4 is 0 Å². The molecule has 0 fully saturated rings. The van der Waals surface area contributed by atoms with E-state index < -0.39 is 6.10 Å². The maximum Gasteiger partial charge on any atom is 0.306 e. The van der Waals surface area contributed by atoms with Gasteiger partial charge in [-0.1, -0.05) is 304 Å². The molecule has 0 heterocycles. The number of hydrogen-bond donors (Lipinski definition) is 0. The van der Waals surface area contributed by atoms with Gasteiger partial charge in [0.05, 0.1) is 0 Å². The number of rotatable bonds is 64. The molecule has 0 rings (SSSR count). The first kappa shape index (κ1) is 79.1. The highest BCUT2D eigenvalue weighted by atomic mass is 16.6. The van der Waals surface area contributed by atoms with Crippen LogP contribution in [0.5, 0.6) is 0 Å². The molecular weight excluding hydrogens is 1020 g/mol. The van der Waals surface area contributed by atoms with Crippen molar-refractivity contribution in [2.24, 2.45) is 0 Å². The van der Waals surface area contributed by atoms with E-state index in [9.17, 15) is 14.4 Å². The number of carbonyl (C=O) groups excluding carboxylic acids is 3. The Morgan fingerprint density at radius 2 is 0.470 bits per heavy atom. The molecule has 476 valence electrons. The largest absolute Gasteiger partial charge is 0.462 e. The van der Waals surface area contributed by atoms with Crippen LogP contribution in [0.1, 0.15) is 342 Å². The van der Waals surface area contributed by atoms with Crippen LogP contribution in [0.3, 0.4) is 0 Å². The summed E-state index contributed by atoms with van der Waals surface area (Å²) < 4.78 is 17.0. The minimum Gasteiger partial charge on any atom is -0.462 e. The third-order valence-corrected chi connectivity index (χ3v) is 15.2. The third-order valence-electron chi connectivity index (χ3n) is 15.2. The molecule has 0 aliphatic carbocycles. The van der Waals surface area contributed by atoms with Crippen molar-refractivity contribution in [2.45, 2.75) is 348 Å². The SMILES string of the molecule is CC/C=C\C/C=C\C/C=C\C/C=C\CCCCCCCCCCC(=O)OC(COC(=O)CCCCCCCC/C=C\C/C=C\C/C=C\CCCCC)COC(=O)CCCCCCCCCCCCCCC/C=C\C/C=C\CCCCCCC. The summed E-state index contributed by atoms with van der Waals surface area (Å²) in [6.07, 6.45) is 96.7. The minimum absolute atomic E-state index is 0.0856. The Hall–Kier alpha value is -3.93. The number of allylic oxidation sites excluding steroid dienone is 18. The first-order valence-corrected chi connectivity index (χ1v) is 35.4. The van der Waals surface area contributed by atoms with E-state index in [1.807, 2.05) is 0 Å². The van der Waals surface area contributed by atoms with Crippen LogP contribution >= 0.6 is 0 Å². The second kappa shape index (κ2) is 70.6. The van der Waals surface area contributed by atoms with Gasteiger partial charge in [-0.25, -0.2) is 0 Å². The van der Waals surface area contributed by atoms with E-state index in [0.717, 1.165) is 116 Å². The molecule has 0 radical (unpaired) electrons. The van der Waals surface area contributed by atoms with Crippen molar-refractivity contribution < 1.29 is 28.6 Å². The van der Waals surface area contributed by atoms with E-state index in [4.69, 9.17) is 14.2 Å².